The molecule has 128 valence electrons. The van der Waals surface area contributed by atoms with E-state index in [1.165, 1.54) is 0 Å². The van der Waals surface area contributed by atoms with Gasteiger partial charge in [0, 0.05) is 12.2 Å². The minimum absolute atomic E-state index is 0.0463. The molecular formula is C19H23NO3S. The van der Waals surface area contributed by atoms with Crippen molar-refractivity contribution in [3.8, 4) is 0 Å². The molecule has 1 aliphatic carbocycles. The van der Waals surface area contributed by atoms with Crippen LogP contribution in [-0.4, -0.2) is 18.8 Å². The zero-order valence-corrected chi connectivity index (χ0v) is 14.4. The Morgan fingerprint density at radius 1 is 0.917 bits per heavy atom. The van der Waals surface area contributed by atoms with Gasteiger partial charge in [-0.25, -0.2) is 8.42 Å². The van der Waals surface area contributed by atoms with E-state index in [9.17, 15) is 8.42 Å². The smallest absolute Gasteiger partial charge is 0.181 e. The third kappa shape index (κ3) is 3.79. The van der Waals surface area contributed by atoms with Crippen LogP contribution in [0, 0.1) is 0 Å². The Morgan fingerprint density at radius 2 is 1.50 bits per heavy atom. The minimum atomic E-state index is -3.18. The third-order valence-electron chi connectivity index (χ3n) is 4.63. The van der Waals surface area contributed by atoms with E-state index in [4.69, 9.17) is 5.11 Å². The molecule has 0 bridgehead atoms. The van der Waals surface area contributed by atoms with Crippen LogP contribution in [0.1, 0.15) is 36.8 Å². The van der Waals surface area contributed by atoms with Crippen LogP contribution in [0.15, 0.2) is 53.4 Å². The van der Waals surface area contributed by atoms with Crippen LogP contribution < -0.4 is 5.32 Å². The highest BCUT2D eigenvalue weighted by atomic mass is 32.2. The van der Waals surface area contributed by atoms with E-state index in [0.717, 1.165) is 42.5 Å². The van der Waals surface area contributed by atoms with Crippen molar-refractivity contribution in [2.75, 3.05) is 5.32 Å². The van der Waals surface area contributed by atoms with Crippen LogP contribution in [-0.2, 0) is 23.0 Å². The summed E-state index contributed by atoms with van der Waals surface area (Å²) in [6.07, 6.45) is 3.59. The van der Waals surface area contributed by atoms with Gasteiger partial charge in [0.2, 0.25) is 0 Å². The molecule has 0 spiro atoms. The third-order valence-corrected chi connectivity index (χ3v) is 6.90. The van der Waals surface area contributed by atoms with Gasteiger partial charge in [0.1, 0.15) is 0 Å². The van der Waals surface area contributed by atoms with Crippen LogP contribution in [0.25, 0.3) is 0 Å². The molecule has 2 N–H and O–H groups in total. The predicted molar refractivity (Wildman–Crippen MR) is 95.6 cm³/mol. The molecule has 0 aliphatic heterocycles. The molecule has 24 heavy (non-hydrogen) atoms. The molecule has 4 nitrogen and oxygen atoms in total. The normalized spacial score (nSPS) is 15.5. The lowest BCUT2D eigenvalue weighted by Crippen LogP contribution is -2.17. The van der Waals surface area contributed by atoms with Crippen LogP contribution in [0.2, 0.25) is 0 Å². The van der Waals surface area contributed by atoms with Gasteiger partial charge in [0.05, 0.1) is 16.8 Å². The number of aliphatic hydroxyl groups excluding tert-OH is 1. The summed E-state index contributed by atoms with van der Waals surface area (Å²) in [4.78, 5) is 0.423. The van der Waals surface area contributed by atoms with Crippen LogP contribution in [0.5, 0.6) is 0 Å². The minimum Gasteiger partial charge on any atom is -0.392 e. The first-order chi connectivity index (χ1) is 11.6. The molecule has 0 atom stereocenters. The van der Waals surface area contributed by atoms with E-state index in [1.54, 1.807) is 12.1 Å². The Hall–Kier alpha value is -1.85. The maximum Gasteiger partial charge on any atom is 0.181 e. The van der Waals surface area contributed by atoms with Gasteiger partial charge in [0.15, 0.2) is 9.84 Å². The van der Waals surface area contributed by atoms with Gasteiger partial charge in [-0.2, -0.15) is 0 Å². The first kappa shape index (κ1) is 17.0. The monoisotopic (exact) mass is 345 g/mol. The summed E-state index contributed by atoms with van der Waals surface area (Å²) in [5, 5.41) is 12.1. The SMILES string of the molecule is O=S(=O)(c1ccc(NCc2ccc(CO)cc2)cc1)C1CCCC1. The van der Waals surface area contributed by atoms with Crippen molar-refractivity contribution in [1.82, 2.24) is 0 Å². The number of hydrogen-bond acceptors (Lipinski definition) is 4. The van der Waals surface area contributed by atoms with Gasteiger partial charge in [-0.05, 0) is 48.2 Å². The maximum atomic E-state index is 12.5. The quantitative estimate of drug-likeness (QED) is 0.841. The Morgan fingerprint density at radius 3 is 2.08 bits per heavy atom. The molecule has 0 unspecified atom stereocenters. The maximum absolute atomic E-state index is 12.5. The van der Waals surface area contributed by atoms with Crippen molar-refractivity contribution in [3.05, 3.63) is 59.7 Å². The summed E-state index contributed by atoms with van der Waals surface area (Å²) >= 11 is 0. The molecule has 0 amide bonds. The summed E-state index contributed by atoms with van der Waals surface area (Å²) < 4.78 is 25.1. The van der Waals surface area contributed by atoms with Crippen molar-refractivity contribution in [3.63, 3.8) is 0 Å². The van der Waals surface area contributed by atoms with Crippen molar-refractivity contribution in [2.24, 2.45) is 0 Å². The topological polar surface area (TPSA) is 66.4 Å². The van der Waals surface area contributed by atoms with Gasteiger partial charge >= 0.3 is 0 Å². The molecule has 3 rings (SSSR count). The Labute approximate surface area is 143 Å². The summed E-state index contributed by atoms with van der Waals surface area (Å²) in [7, 11) is -3.18. The van der Waals surface area contributed by atoms with Gasteiger partial charge in [-0.15, -0.1) is 0 Å². The predicted octanol–water partition coefficient (Wildman–Crippen LogP) is 3.51. The zero-order valence-electron chi connectivity index (χ0n) is 13.6. The van der Waals surface area contributed by atoms with Crippen molar-refractivity contribution in [1.29, 1.82) is 0 Å². The fourth-order valence-electron chi connectivity index (χ4n) is 3.12. The number of rotatable bonds is 6. The van der Waals surface area contributed by atoms with E-state index in [-0.39, 0.29) is 11.9 Å². The first-order valence-electron chi connectivity index (χ1n) is 8.36. The van der Waals surface area contributed by atoms with E-state index in [1.807, 2.05) is 36.4 Å². The van der Waals surface area contributed by atoms with Gasteiger partial charge in [-0.1, -0.05) is 37.1 Å². The molecule has 2 aromatic rings. The Kier molecular flexibility index (Phi) is 5.21. The molecule has 1 fully saturated rings. The number of aliphatic hydroxyl groups is 1. The highest BCUT2D eigenvalue weighted by molar-refractivity contribution is 7.92. The summed E-state index contributed by atoms with van der Waals surface area (Å²) in [5.41, 5.74) is 2.89. The van der Waals surface area contributed by atoms with Crippen LogP contribution >= 0.6 is 0 Å². The fourth-order valence-corrected chi connectivity index (χ4v) is 4.97. The highest BCUT2D eigenvalue weighted by Crippen LogP contribution is 2.30. The fraction of sp³-hybridized carbons (Fsp3) is 0.368. The van der Waals surface area contributed by atoms with E-state index < -0.39 is 9.84 Å². The zero-order chi connectivity index (χ0) is 17.0. The largest absolute Gasteiger partial charge is 0.392 e. The van der Waals surface area contributed by atoms with Gasteiger partial charge in [0.25, 0.3) is 0 Å². The second-order valence-corrected chi connectivity index (χ2v) is 8.53. The van der Waals surface area contributed by atoms with Crippen molar-refractivity contribution < 1.29 is 13.5 Å². The molecule has 1 aliphatic rings. The lowest BCUT2D eigenvalue weighted by Gasteiger charge is -2.12. The number of sulfone groups is 1. The average Bonchev–Trinajstić information content (AvgIpc) is 3.16. The molecule has 2 aromatic carbocycles. The summed E-state index contributed by atoms with van der Waals surface area (Å²) in [6.45, 7) is 0.699. The number of benzene rings is 2. The van der Waals surface area contributed by atoms with Crippen molar-refractivity contribution >= 4 is 15.5 Å². The van der Waals surface area contributed by atoms with Gasteiger partial charge in [-0.3, -0.25) is 0 Å². The lowest BCUT2D eigenvalue weighted by molar-refractivity contribution is 0.282. The van der Waals surface area contributed by atoms with E-state index in [0.29, 0.717) is 11.4 Å². The summed E-state index contributed by atoms with van der Waals surface area (Å²) in [5.74, 6) is 0. The molecular weight excluding hydrogens is 322 g/mol. The average molecular weight is 345 g/mol. The highest BCUT2D eigenvalue weighted by Gasteiger charge is 2.29. The molecule has 0 heterocycles. The molecule has 0 saturated heterocycles. The standard InChI is InChI=1S/C19H23NO3S/c21-14-16-7-5-15(6-8-16)13-20-17-9-11-19(12-10-17)24(22,23)18-3-1-2-4-18/h5-12,18,20-21H,1-4,13-14H2. The van der Waals surface area contributed by atoms with Gasteiger partial charge < -0.3 is 10.4 Å². The number of anilines is 1. The molecule has 1 saturated carbocycles. The van der Waals surface area contributed by atoms with Crippen molar-refractivity contribution in [2.45, 2.75) is 49.0 Å². The van der Waals surface area contributed by atoms with E-state index >= 15 is 0 Å². The number of hydrogen-bond donors (Lipinski definition) is 2. The lowest BCUT2D eigenvalue weighted by atomic mass is 10.1. The first-order valence-corrected chi connectivity index (χ1v) is 9.91. The molecule has 0 radical (unpaired) electrons. The second kappa shape index (κ2) is 7.36. The van der Waals surface area contributed by atoms with Crippen LogP contribution in [0.3, 0.4) is 0 Å². The Bertz CT molecular complexity index is 761. The van der Waals surface area contributed by atoms with Crippen LogP contribution in [0.4, 0.5) is 5.69 Å². The summed E-state index contributed by atoms with van der Waals surface area (Å²) in [6, 6.07) is 14.8. The Balaban J connectivity index is 1.63. The molecule has 0 aromatic heterocycles. The molecule has 5 heteroatoms. The van der Waals surface area contributed by atoms with E-state index in [2.05, 4.69) is 5.32 Å². The second-order valence-electron chi connectivity index (χ2n) is 6.30. The number of nitrogens with one attached hydrogen (secondary N) is 1.